The zero-order valence-corrected chi connectivity index (χ0v) is 15.3. The van der Waals surface area contributed by atoms with Crippen LogP contribution in [0.1, 0.15) is 22.3 Å². The molecule has 2 heterocycles. The summed E-state index contributed by atoms with van der Waals surface area (Å²) in [6.07, 6.45) is 0.796. The molecular formula is C22H25NO4. The van der Waals surface area contributed by atoms with Gasteiger partial charge in [-0.1, -0.05) is 42.5 Å². The molecule has 4 rings (SSSR count). The second-order valence-corrected chi connectivity index (χ2v) is 7.50. The first-order chi connectivity index (χ1) is 13.2. The van der Waals surface area contributed by atoms with Crippen molar-refractivity contribution in [2.75, 3.05) is 32.9 Å². The van der Waals surface area contributed by atoms with Gasteiger partial charge in [-0.3, -0.25) is 4.79 Å². The van der Waals surface area contributed by atoms with Gasteiger partial charge in [0.05, 0.1) is 18.8 Å². The number of aliphatic hydroxyl groups is 1. The van der Waals surface area contributed by atoms with Crippen LogP contribution in [0.2, 0.25) is 0 Å². The van der Waals surface area contributed by atoms with Crippen molar-refractivity contribution >= 4 is 5.91 Å². The smallest absolute Gasteiger partial charge is 0.257 e. The number of rotatable bonds is 5. The Labute approximate surface area is 159 Å². The Morgan fingerprint density at radius 2 is 1.96 bits per heavy atom. The van der Waals surface area contributed by atoms with Crippen molar-refractivity contribution in [3.63, 3.8) is 0 Å². The van der Waals surface area contributed by atoms with Crippen LogP contribution >= 0.6 is 0 Å². The molecule has 142 valence electrons. The lowest BCUT2D eigenvalue weighted by Gasteiger charge is -2.36. The zero-order chi connectivity index (χ0) is 18.7. The van der Waals surface area contributed by atoms with E-state index in [1.54, 1.807) is 0 Å². The highest BCUT2D eigenvalue weighted by Gasteiger charge is 2.49. The van der Waals surface area contributed by atoms with Crippen molar-refractivity contribution in [3.8, 4) is 5.75 Å². The first kappa shape index (κ1) is 18.0. The van der Waals surface area contributed by atoms with Crippen LogP contribution in [0, 0.1) is 11.3 Å². The van der Waals surface area contributed by atoms with Gasteiger partial charge in [-0.05, 0) is 24.1 Å². The van der Waals surface area contributed by atoms with Crippen LogP contribution in [0.4, 0.5) is 0 Å². The van der Waals surface area contributed by atoms with Crippen LogP contribution in [-0.4, -0.2) is 48.8 Å². The van der Waals surface area contributed by atoms with Gasteiger partial charge in [-0.15, -0.1) is 0 Å². The van der Waals surface area contributed by atoms with E-state index in [9.17, 15) is 9.90 Å². The highest BCUT2D eigenvalue weighted by atomic mass is 16.5. The van der Waals surface area contributed by atoms with Crippen LogP contribution in [0.5, 0.6) is 5.75 Å². The third-order valence-corrected chi connectivity index (χ3v) is 5.83. The summed E-state index contributed by atoms with van der Waals surface area (Å²) in [5, 5.41) is 9.97. The number of para-hydroxylation sites is 1. The van der Waals surface area contributed by atoms with Crippen LogP contribution in [-0.2, 0) is 11.3 Å². The lowest BCUT2D eigenvalue weighted by molar-refractivity contribution is -0.0415. The van der Waals surface area contributed by atoms with Gasteiger partial charge in [0, 0.05) is 31.0 Å². The van der Waals surface area contributed by atoms with E-state index >= 15 is 0 Å². The Balaban J connectivity index is 1.51. The quantitative estimate of drug-likeness (QED) is 0.883. The molecule has 0 saturated carbocycles. The van der Waals surface area contributed by atoms with Gasteiger partial charge in [0.15, 0.2) is 0 Å². The number of fused-ring (bicyclic) bond motifs is 1. The van der Waals surface area contributed by atoms with Gasteiger partial charge in [-0.25, -0.2) is 0 Å². The number of aliphatic hydroxyl groups excluding tert-OH is 1. The molecule has 0 unspecified atom stereocenters. The molecule has 5 nitrogen and oxygen atoms in total. The van der Waals surface area contributed by atoms with Crippen molar-refractivity contribution in [2.45, 2.75) is 13.0 Å². The average Bonchev–Trinajstić information content (AvgIpc) is 3.13. The lowest BCUT2D eigenvalue weighted by Crippen LogP contribution is -2.41. The highest BCUT2D eigenvalue weighted by Crippen LogP contribution is 2.42. The van der Waals surface area contributed by atoms with Crippen LogP contribution in [0.3, 0.4) is 0 Å². The standard InChI is InChI=1S/C22H25NO4/c24-16-22-10-11-26-14-18(22)12-23(15-22)21(25)19-8-4-5-9-20(19)27-13-17-6-2-1-3-7-17/h1-9,18,24H,10-16H2/t18-,22-/m1/s1. The molecule has 5 heteroatoms. The molecule has 0 aliphatic carbocycles. The summed E-state index contributed by atoms with van der Waals surface area (Å²) in [4.78, 5) is 15.1. The first-order valence-corrected chi connectivity index (χ1v) is 9.45. The van der Waals surface area contributed by atoms with Gasteiger partial charge in [0.25, 0.3) is 5.91 Å². The Bertz CT molecular complexity index is 794. The average molecular weight is 367 g/mol. The number of benzene rings is 2. The summed E-state index contributed by atoms with van der Waals surface area (Å²) in [6.45, 7) is 2.96. The third kappa shape index (κ3) is 3.57. The molecule has 2 aliphatic rings. The molecule has 2 aromatic rings. The van der Waals surface area contributed by atoms with Gasteiger partial charge in [-0.2, -0.15) is 0 Å². The summed E-state index contributed by atoms with van der Waals surface area (Å²) in [5.74, 6) is 0.744. The largest absolute Gasteiger partial charge is 0.488 e. The number of nitrogens with zero attached hydrogens (tertiary/aromatic N) is 1. The predicted molar refractivity (Wildman–Crippen MR) is 102 cm³/mol. The van der Waals surface area contributed by atoms with E-state index in [1.807, 2.05) is 59.5 Å². The summed E-state index contributed by atoms with van der Waals surface area (Å²) < 4.78 is 11.5. The minimum atomic E-state index is -0.228. The Kier molecular flexibility index (Phi) is 5.14. The van der Waals surface area contributed by atoms with E-state index in [0.29, 0.717) is 44.2 Å². The van der Waals surface area contributed by atoms with Gasteiger partial charge < -0.3 is 19.5 Å². The molecule has 2 atom stereocenters. The van der Waals surface area contributed by atoms with E-state index in [4.69, 9.17) is 9.47 Å². The molecule has 2 aromatic carbocycles. The predicted octanol–water partition coefficient (Wildman–Crippen LogP) is 2.74. The van der Waals surface area contributed by atoms with E-state index < -0.39 is 0 Å². The van der Waals surface area contributed by atoms with Gasteiger partial charge in [0.2, 0.25) is 0 Å². The maximum Gasteiger partial charge on any atom is 0.257 e. The van der Waals surface area contributed by atoms with E-state index in [1.165, 1.54) is 0 Å². The van der Waals surface area contributed by atoms with E-state index in [2.05, 4.69) is 0 Å². The van der Waals surface area contributed by atoms with Crippen LogP contribution < -0.4 is 4.74 Å². The molecular weight excluding hydrogens is 342 g/mol. The maximum absolute atomic E-state index is 13.2. The molecule has 0 spiro atoms. The summed E-state index contributed by atoms with van der Waals surface area (Å²) in [5.41, 5.74) is 1.40. The highest BCUT2D eigenvalue weighted by molar-refractivity contribution is 5.97. The molecule has 2 fully saturated rings. The number of amides is 1. The monoisotopic (exact) mass is 367 g/mol. The van der Waals surface area contributed by atoms with Crippen molar-refractivity contribution in [3.05, 3.63) is 65.7 Å². The second kappa shape index (κ2) is 7.71. The van der Waals surface area contributed by atoms with Gasteiger partial charge >= 0.3 is 0 Å². The normalized spacial score (nSPS) is 24.5. The number of likely N-dealkylation sites (tertiary alicyclic amines) is 1. The molecule has 0 radical (unpaired) electrons. The lowest BCUT2D eigenvalue weighted by atomic mass is 9.75. The fourth-order valence-corrected chi connectivity index (χ4v) is 4.13. The Morgan fingerprint density at radius 3 is 2.74 bits per heavy atom. The Morgan fingerprint density at radius 1 is 1.19 bits per heavy atom. The molecule has 2 aliphatic heterocycles. The SMILES string of the molecule is O=C(c1ccccc1OCc1ccccc1)N1C[C@@H]2COCC[C@]2(CO)C1. The maximum atomic E-state index is 13.2. The minimum absolute atomic E-state index is 0.0408. The number of ether oxygens (including phenoxy) is 2. The Hall–Kier alpha value is -2.37. The number of carbonyl (C=O) groups excluding carboxylic acids is 1. The number of carbonyl (C=O) groups is 1. The molecule has 1 amide bonds. The van der Waals surface area contributed by atoms with E-state index in [0.717, 1.165) is 12.0 Å². The molecule has 1 N–H and O–H groups in total. The van der Waals surface area contributed by atoms with Crippen molar-refractivity contribution in [1.29, 1.82) is 0 Å². The second-order valence-electron chi connectivity index (χ2n) is 7.50. The van der Waals surface area contributed by atoms with Crippen molar-refractivity contribution in [1.82, 2.24) is 4.90 Å². The fraction of sp³-hybridized carbons (Fsp3) is 0.409. The molecule has 27 heavy (non-hydrogen) atoms. The van der Waals surface area contributed by atoms with Crippen LogP contribution in [0.25, 0.3) is 0 Å². The van der Waals surface area contributed by atoms with Gasteiger partial charge in [0.1, 0.15) is 12.4 Å². The topological polar surface area (TPSA) is 59.0 Å². The number of hydrogen-bond donors (Lipinski definition) is 1. The first-order valence-electron chi connectivity index (χ1n) is 9.45. The number of hydrogen-bond acceptors (Lipinski definition) is 4. The van der Waals surface area contributed by atoms with Crippen LogP contribution in [0.15, 0.2) is 54.6 Å². The molecule has 0 aromatic heterocycles. The summed E-state index contributed by atoms with van der Waals surface area (Å²) in [7, 11) is 0. The minimum Gasteiger partial charge on any atom is -0.488 e. The van der Waals surface area contributed by atoms with Crippen molar-refractivity contribution in [2.24, 2.45) is 11.3 Å². The van der Waals surface area contributed by atoms with Crippen molar-refractivity contribution < 1.29 is 19.4 Å². The molecule has 0 bridgehead atoms. The summed E-state index contributed by atoms with van der Waals surface area (Å²) in [6, 6.07) is 17.3. The molecule has 2 saturated heterocycles. The van der Waals surface area contributed by atoms with E-state index in [-0.39, 0.29) is 23.8 Å². The fourth-order valence-electron chi connectivity index (χ4n) is 4.13. The zero-order valence-electron chi connectivity index (χ0n) is 15.3. The summed E-state index contributed by atoms with van der Waals surface area (Å²) >= 11 is 0. The third-order valence-electron chi connectivity index (χ3n) is 5.83.